The van der Waals surface area contributed by atoms with Gasteiger partial charge in [0.2, 0.25) is 0 Å². The van der Waals surface area contributed by atoms with Crippen molar-refractivity contribution in [3.63, 3.8) is 0 Å². The van der Waals surface area contributed by atoms with Gasteiger partial charge in [-0.2, -0.15) is 0 Å². The van der Waals surface area contributed by atoms with Gasteiger partial charge in [0.1, 0.15) is 11.4 Å². The Labute approximate surface area is 266 Å². The number of para-hydroxylation sites is 2. The highest BCUT2D eigenvalue weighted by molar-refractivity contribution is 6.03. The number of rotatable bonds is 10. The number of aliphatic hydroxyl groups excluding tert-OH is 2. The maximum Gasteiger partial charge on any atom is 0.275 e. The number of likely N-dealkylation sites (N-methyl/N-ethyl adjacent to an activating group) is 1. The standard InChI is InChI=1S/C36H36N4O6/c1-40(21-33(43)25-6-5-9-28(42)17-25)20-29-18-34(24-14-12-23(22-41)13-15-24)46-36(45-29)26-7-4-8-27(16-26)38-35(44)32-19-37-30-10-2-3-11-31(30)39-32/h2-17,19,29,33-34,36,41-43H,18,20-22H2,1H3,(H,38,44)/t29-,33+,34+,36+/m0/s1. The van der Waals surface area contributed by atoms with Crippen molar-refractivity contribution < 1.29 is 29.6 Å². The fourth-order valence-electron chi connectivity index (χ4n) is 5.61. The van der Waals surface area contributed by atoms with E-state index in [0.29, 0.717) is 41.8 Å². The third kappa shape index (κ3) is 7.56. The van der Waals surface area contributed by atoms with Gasteiger partial charge in [0.15, 0.2) is 6.29 Å². The van der Waals surface area contributed by atoms with E-state index in [1.807, 2.05) is 78.7 Å². The molecule has 0 spiro atoms. The Morgan fingerprint density at radius 3 is 2.52 bits per heavy atom. The maximum absolute atomic E-state index is 13.1. The molecule has 236 valence electrons. The number of fused-ring (bicyclic) bond motifs is 1. The van der Waals surface area contributed by atoms with Crippen molar-refractivity contribution in [3.8, 4) is 5.75 Å². The zero-order valence-electron chi connectivity index (χ0n) is 25.4. The van der Waals surface area contributed by atoms with Crippen molar-refractivity contribution in [2.45, 2.75) is 37.6 Å². The van der Waals surface area contributed by atoms with E-state index >= 15 is 0 Å². The van der Waals surface area contributed by atoms with Crippen LogP contribution in [0.3, 0.4) is 0 Å². The molecule has 10 heteroatoms. The summed E-state index contributed by atoms with van der Waals surface area (Å²) in [6.07, 6.45) is -0.0514. The summed E-state index contributed by atoms with van der Waals surface area (Å²) < 4.78 is 13.0. The van der Waals surface area contributed by atoms with Crippen molar-refractivity contribution in [2.24, 2.45) is 0 Å². The van der Waals surface area contributed by atoms with E-state index in [0.717, 1.165) is 16.7 Å². The molecule has 4 N–H and O–H groups in total. The number of aromatic nitrogens is 2. The zero-order chi connectivity index (χ0) is 32.0. The first-order valence-electron chi connectivity index (χ1n) is 15.1. The summed E-state index contributed by atoms with van der Waals surface area (Å²) in [7, 11) is 1.91. The second-order valence-electron chi connectivity index (χ2n) is 11.5. The molecule has 4 aromatic carbocycles. The molecular weight excluding hydrogens is 584 g/mol. The van der Waals surface area contributed by atoms with Crippen molar-refractivity contribution in [3.05, 3.63) is 131 Å². The van der Waals surface area contributed by atoms with Crippen LogP contribution in [0.2, 0.25) is 0 Å². The van der Waals surface area contributed by atoms with Crippen LogP contribution in [0.25, 0.3) is 11.0 Å². The predicted octanol–water partition coefficient (Wildman–Crippen LogP) is 5.29. The Hall–Kier alpha value is -4.71. The van der Waals surface area contributed by atoms with Crippen molar-refractivity contribution in [2.75, 3.05) is 25.5 Å². The molecule has 0 saturated carbocycles. The topological polar surface area (TPSA) is 137 Å². The Kier molecular flexibility index (Phi) is 9.62. The summed E-state index contributed by atoms with van der Waals surface area (Å²) >= 11 is 0. The van der Waals surface area contributed by atoms with Crippen LogP contribution in [-0.2, 0) is 16.1 Å². The van der Waals surface area contributed by atoms with Gasteiger partial charge in [-0.05, 0) is 60.1 Å². The van der Waals surface area contributed by atoms with Gasteiger partial charge in [0.25, 0.3) is 5.91 Å². The molecule has 1 aliphatic rings. The molecule has 6 rings (SSSR count). The molecule has 0 aliphatic carbocycles. The van der Waals surface area contributed by atoms with E-state index in [-0.39, 0.29) is 36.2 Å². The van der Waals surface area contributed by atoms with Gasteiger partial charge in [0, 0.05) is 30.8 Å². The first-order chi connectivity index (χ1) is 22.3. The molecule has 0 radical (unpaired) electrons. The van der Waals surface area contributed by atoms with Crippen molar-refractivity contribution in [1.29, 1.82) is 0 Å². The number of nitrogens with one attached hydrogen (secondary N) is 1. The molecule has 0 unspecified atom stereocenters. The largest absolute Gasteiger partial charge is 0.508 e. The molecular formula is C36H36N4O6. The van der Waals surface area contributed by atoms with Crippen molar-refractivity contribution in [1.82, 2.24) is 14.9 Å². The second-order valence-corrected chi connectivity index (χ2v) is 11.5. The minimum atomic E-state index is -0.790. The Bertz CT molecular complexity index is 1800. The molecule has 1 aliphatic heterocycles. The van der Waals surface area contributed by atoms with E-state index < -0.39 is 12.4 Å². The molecule has 10 nitrogen and oxygen atoms in total. The molecule has 1 fully saturated rings. The molecule has 46 heavy (non-hydrogen) atoms. The van der Waals surface area contributed by atoms with Crippen LogP contribution in [0.5, 0.6) is 5.75 Å². The van der Waals surface area contributed by atoms with Crippen LogP contribution < -0.4 is 5.32 Å². The highest BCUT2D eigenvalue weighted by Crippen LogP contribution is 2.39. The molecule has 1 saturated heterocycles. The van der Waals surface area contributed by atoms with Gasteiger partial charge >= 0.3 is 0 Å². The average Bonchev–Trinajstić information content (AvgIpc) is 3.08. The molecule has 1 aromatic heterocycles. The lowest BCUT2D eigenvalue weighted by Gasteiger charge is -2.38. The third-order valence-electron chi connectivity index (χ3n) is 7.97. The number of hydrogen-bond donors (Lipinski definition) is 4. The fraction of sp³-hybridized carbons (Fsp3) is 0.250. The van der Waals surface area contributed by atoms with Gasteiger partial charge in [0.05, 0.1) is 42.1 Å². The number of amides is 1. The Morgan fingerprint density at radius 1 is 0.957 bits per heavy atom. The average molecular weight is 621 g/mol. The summed E-state index contributed by atoms with van der Waals surface area (Å²) in [6.45, 7) is 0.803. The Morgan fingerprint density at radius 2 is 1.74 bits per heavy atom. The Balaban J connectivity index is 1.19. The molecule has 1 amide bonds. The van der Waals surface area contributed by atoms with E-state index in [1.165, 1.54) is 6.20 Å². The number of ether oxygens (including phenoxy) is 2. The van der Waals surface area contributed by atoms with E-state index in [2.05, 4.69) is 15.3 Å². The van der Waals surface area contributed by atoms with Crippen molar-refractivity contribution >= 4 is 22.6 Å². The smallest absolute Gasteiger partial charge is 0.275 e. The number of nitrogens with zero attached hydrogens (tertiary/aromatic N) is 3. The lowest BCUT2D eigenvalue weighted by Crippen LogP contribution is -2.39. The summed E-state index contributed by atoms with van der Waals surface area (Å²) in [5.74, 6) is -0.277. The van der Waals surface area contributed by atoms with Crippen LogP contribution in [0, 0.1) is 0 Å². The zero-order valence-corrected chi connectivity index (χ0v) is 25.4. The van der Waals surface area contributed by atoms with E-state index in [1.54, 1.807) is 30.3 Å². The second kappa shape index (κ2) is 14.2. The van der Waals surface area contributed by atoms with Crippen LogP contribution in [0.15, 0.2) is 103 Å². The number of carbonyl (C=O) groups is 1. The number of phenols is 1. The summed E-state index contributed by atoms with van der Waals surface area (Å²) in [5, 5.41) is 33.1. The lowest BCUT2D eigenvalue weighted by atomic mass is 9.99. The fourth-order valence-corrected chi connectivity index (χ4v) is 5.61. The summed E-state index contributed by atoms with van der Waals surface area (Å²) in [5.41, 5.74) is 5.23. The number of phenolic OH excluding ortho intramolecular Hbond substituents is 1. The predicted molar refractivity (Wildman–Crippen MR) is 173 cm³/mol. The molecule has 0 bridgehead atoms. The van der Waals surface area contributed by atoms with Gasteiger partial charge in [-0.1, -0.05) is 60.7 Å². The number of aromatic hydroxyl groups is 1. The highest BCUT2D eigenvalue weighted by Gasteiger charge is 2.33. The van der Waals surface area contributed by atoms with Gasteiger partial charge in [-0.25, -0.2) is 4.98 Å². The minimum Gasteiger partial charge on any atom is -0.508 e. The van der Waals surface area contributed by atoms with E-state index in [9.17, 15) is 20.1 Å². The normalized spacial score (nSPS) is 18.8. The van der Waals surface area contributed by atoms with Crippen LogP contribution in [-0.4, -0.2) is 62.3 Å². The third-order valence-corrected chi connectivity index (χ3v) is 7.97. The molecule has 4 atom stereocenters. The quantitative estimate of drug-likeness (QED) is 0.164. The van der Waals surface area contributed by atoms with Crippen LogP contribution >= 0.6 is 0 Å². The summed E-state index contributed by atoms with van der Waals surface area (Å²) in [4.78, 5) is 23.9. The van der Waals surface area contributed by atoms with Crippen LogP contribution in [0.4, 0.5) is 5.69 Å². The number of hydrogen-bond acceptors (Lipinski definition) is 9. The maximum atomic E-state index is 13.1. The van der Waals surface area contributed by atoms with Gasteiger partial charge in [-0.15, -0.1) is 0 Å². The SMILES string of the molecule is CN(C[C@@H]1C[C@H](c2ccc(CO)cc2)O[C@H](c2cccc(NC(=O)c3cnc4ccccc4n3)c2)O1)C[C@@H](O)c1cccc(O)c1. The lowest BCUT2D eigenvalue weighted by molar-refractivity contribution is -0.252. The summed E-state index contributed by atoms with van der Waals surface area (Å²) in [6, 6.07) is 29.0. The number of benzene rings is 4. The first kappa shape index (κ1) is 31.3. The van der Waals surface area contributed by atoms with Gasteiger partial charge < -0.3 is 35.0 Å². The van der Waals surface area contributed by atoms with E-state index in [4.69, 9.17) is 9.47 Å². The molecule has 5 aromatic rings. The monoisotopic (exact) mass is 620 g/mol. The minimum absolute atomic E-state index is 0.0459. The highest BCUT2D eigenvalue weighted by atomic mass is 16.7. The van der Waals surface area contributed by atoms with Gasteiger partial charge in [-0.3, -0.25) is 9.78 Å². The first-order valence-corrected chi connectivity index (χ1v) is 15.1. The molecule has 2 heterocycles. The van der Waals surface area contributed by atoms with Crippen LogP contribution in [0.1, 0.15) is 57.7 Å². The number of carbonyl (C=O) groups excluding carboxylic acids is 1. The number of aliphatic hydroxyl groups is 2. The number of anilines is 1.